The average molecular weight is 557 g/mol. The molecule has 42 heavy (non-hydrogen) atoms. The highest BCUT2D eigenvalue weighted by molar-refractivity contribution is 5.87. The molecule has 1 atom stereocenters. The fourth-order valence-corrected chi connectivity index (χ4v) is 5.29. The van der Waals surface area contributed by atoms with Crippen LogP contribution in [0.25, 0.3) is 10.9 Å². The van der Waals surface area contributed by atoms with E-state index in [2.05, 4.69) is 52.5 Å². The first-order valence-corrected chi connectivity index (χ1v) is 14.0. The van der Waals surface area contributed by atoms with Gasteiger partial charge in [0.25, 0.3) is 0 Å². The van der Waals surface area contributed by atoms with Gasteiger partial charge in [0.05, 0.1) is 19.9 Å². The molecule has 0 radical (unpaired) electrons. The molecule has 0 saturated carbocycles. The van der Waals surface area contributed by atoms with Gasteiger partial charge >= 0.3 is 0 Å². The normalized spacial score (nSPS) is 11.7. The summed E-state index contributed by atoms with van der Waals surface area (Å²) in [4.78, 5) is 13.4. The molecule has 0 spiro atoms. The molecule has 1 amide bonds. The molecule has 0 aliphatic carbocycles. The van der Waals surface area contributed by atoms with Crippen LogP contribution in [-0.2, 0) is 17.9 Å². The molecule has 0 aliphatic heterocycles. The van der Waals surface area contributed by atoms with Crippen LogP contribution in [-0.4, -0.2) is 17.6 Å². The third-order valence-electron chi connectivity index (χ3n) is 7.38. The van der Waals surface area contributed by atoms with E-state index in [-0.39, 0.29) is 18.2 Å². The van der Waals surface area contributed by atoms with Gasteiger partial charge in [-0.3, -0.25) is 4.79 Å². The van der Waals surface area contributed by atoms with Gasteiger partial charge in [-0.25, -0.2) is 0 Å². The maximum atomic E-state index is 13.4. The van der Waals surface area contributed by atoms with Crippen LogP contribution < -0.4 is 14.8 Å². The van der Waals surface area contributed by atoms with Crippen molar-refractivity contribution in [1.82, 2.24) is 9.88 Å². The molecule has 2 heterocycles. The number of carbonyl (C=O) groups is 1. The first-order valence-electron chi connectivity index (χ1n) is 14.0. The zero-order chi connectivity index (χ0) is 28.7. The van der Waals surface area contributed by atoms with Crippen LogP contribution >= 0.6 is 0 Å². The predicted octanol–water partition coefficient (Wildman–Crippen LogP) is 7.92. The van der Waals surface area contributed by atoms with Crippen molar-refractivity contribution in [2.75, 3.05) is 7.11 Å². The molecule has 2 aromatic heterocycles. The Bertz CT molecular complexity index is 1760. The van der Waals surface area contributed by atoms with Crippen molar-refractivity contribution in [2.45, 2.75) is 25.4 Å². The highest BCUT2D eigenvalue weighted by Gasteiger charge is 2.23. The molecule has 0 bridgehead atoms. The summed E-state index contributed by atoms with van der Waals surface area (Å²) in [5.41, 5.74) is 4.36. The Hall–Kier alpha value is -5.23. The van der Waals surface area contributed by atoms with E-state index in [0.717, 1.165) is 44.8 Å². The summed E-state index contributed by atoms with van der Waals surface area (Å²) in [7, 11) is 1.67. The van der Waals surface area contributed by atoms with Gasteiger partial charge in [0.15, 0.2) is 0 Å². The summed E-state index contributed by atoms with van der Waals surface area (Å²) in [6.45, 7) is 1.04. The number of nitrogens with one attached hydrogen (secondary N) is 1. The SMILES string of the molecule is COc1ccc(Cn2cc([C@@H](CC(=O)NCc3ccco3)c3cccc(Oc4ccccc4)c3)c3ccccc32)cc1. The predicted molar refractivity (Wildman–Crippen MR) is 164 cm³/mol. The molecular weight excluding hydrogens is 524 g/mol. The first-order chi connectivity index (χ1) is 20.7. The second-order valence-electron chi connectivity index (χ2n) is 10.2. The van der Waals surface area contributed by atoms with Crippen LogP contribution in [0, 0.1) is 0 Å². The third kappa shape index (κ3) is 6.23. The van der Waals surface area contributed by atoms with Crippen LogP contribution in [0.5, 0.6) is 17.2 Å². The summed E-state index contributed by atoms with van der Waals surface area (Å²) in [6, 6.07) is 37.9. The molecule has 0 aliphatic rings. The van der Waals surface area contributed by atoms with Gasteiger partial charge in [0.2, 0.25) is 5.91 Å². The van der Waals surface area contributed by atoms with E-state index < -0.39 is 0 Å². The molecule has 6 aromatic rings. The zero-order valence-corrected chi connectivity index (χ0v) is 23.4. The summed E-state index contributed by atoms with van der Waals surface area (Å²) in [5, 5.41) is 4.15. The molecular formula is C36H32N2O4. The van der Waals surface area contributed by atoms with E-state index >= 15 is 0 Å². The Morgan fingerprint density at radius 2 is 1.62 bits per heavy atom. The minimum absolute atomic E-state index is 0.0576. The van der Waals surface area contributed by atoms with E-state index in [0.29, 0.717) is 18.8 Å². The van der Waals surface area contributed by atoms with Crippen molar-refractivity contribution in [3.63, 3.8) is 0 Å². The summed E-state index contributed by atoms with van der Waals surface area (Å²) < 4.78 is 19.2. The van der Waals surface area contributed by atoms with E-state index in [9.17, 15) is 4.79 Å². The number of hydrogen-bond donors (Lipinski definition) is 1. The van der Waals surface area contributed by atoms with Crippen LogP contribution in [0.2, 0.25) is 0 Å². The van der Waals surface area contributed by atoms with Crippen molar-refractivity contribution in [2.24, 2.45) is 0 Å². The quantitative estimate of drug-likeness (QED) is 0.176. The number of hydrogen-bond acceptors (Lipinski definition) is 4. The molecule has 4 aromatic carbocycles. The molecule has 210 valence electrons. The van der Waals surface area contributed by atoms with Crippen LogP contribution in [0.15, 0.2) is 132 Å². The van der Waals surface area contributed by atoms with Crippen LogP contribution in [0.4, 0.5) is 0 Å². The summed E-state index contributed by atoms with van der Waals surface area (Å²) in [6.07, 6.45) is 4.07. The monoisotopic (exact) mass is 556 g/mol. The van der Waals surface area contributed by atoms with Crippen molar-refractivity contribution in [3.8, 4) is 17.2 Å². The van der Waals surface area contributed by atoms with E-state index in [1.165, 1.54) is 0 Å². The lowest BCUT2D eigenvalue weighted by Gasteiger charge is -2.18. The number of aromatic nitrogens is 1. The Morgan fingerprint density at radius 1 is 0.833 bits per heavy atom. The minimum atomic E-state index is -0.206. The Morgan fingerprint density at radius 3 is 2.40 bits per heavy atom. The van der Waals surface area contributed by atoms with Crippen molar-refractivity contribution in [1.29, 1.82) is 0 Å². The Labute approximate surface area is 245 Å². The number of nitrogens with zero attached hydrogens (tertiary/aromatic N) is 1. The lowest BCUT2D eigenvalue weighted by Crippen LogP contribution is -2.24. The van der Waals surface area contributed by atoms with Crippen LogP contribution in [0.3, 0.4) is 0 Å². The largest absolute Gasteiger partial charge is 0.497 e. The van der Waals surface area contributed by atoms with E-state index in [1.54, 1.807) is 13.4 Å². The van der Waals surface area contributed by atoms with Gasteiger partial charge in [-0.1, -0.05) is 60.7 Å². The summed E-state index contributed by atoms with van der Waals surface area (Å²) in [5.74, 6) is 2.77. The lowest BCUT2D eigenvalue weighted by atomic mass is 9.88. The second-order valence-corrected chi connectivity index (χ2v) is 10.2. The van der Waals surface area contributed by atoms with Gasteiger partial charge in [0, 0.05) is 36.0 Å². The van der Waals surface area contributed by atoms with E-state index in [4.69, 9.17) is 13.9 Å². The number of rotatable bonds is 11. The molecule has 0 saturated heterocycles. The van der Waals surface area contributed by atoms with E-state index in [1.807, 2.05) is 78.9 Å². The lowest BCUT2D eigenvalue weighted by molar-refractivity contribution is -0.121. The number of fused-ring (bicyclic) bond motifs is 1. The molecule has 6 nitrogen and oxygen atoms in total. The third-order valence-corrected chi connectivity index (χ3v) is 7.38. The topological polar surface area (TPSA) is 65.6 Å². The number of furan rings is 1. The fourth-order valence-electron chi connectivity index (χ4n) is 5.29. The maximum absolute atomic E-state index is 13.4. The average Bonchev–Trinajstić information content (AvgIpc) is 3.68. The zero-order valence-electron chi connectivity index (χ0n) is 23.4. The highest BCUT2D eigenvalue weighted by Crippen LogP contribution is 2.37. The number of para-hydroxylation sites is 2. The number of carbonyl (C=O) groups excluding carboxylic acids is 1. The van der Waals surface area contributed by atoms with Crippen molar-refractivity contribution >= 4 is 16.8 Å². The van der Waals surface area contributed by atoms with Crippen molar-refractivity contribution < 1.29 is 18.7 Å². The Kier molecular flexibility index (Phi) is 8.04. The Balaban J connectivity index is 1.36. The minimum Gasteiger partial charge on any atom is -0.497 e. The van der Waals surface area contributed by atoms with Crippen molar-refractivity contribution in [3.05, 3.63) is 150 Å². The molecule has 0 unspecified atom stereocenters. The molecule has 6 rings (SSSR count). The number of methoxy groups -OCH3 is 1. The molecule has 1 N–H and O–H groups in total. The molecule has 6 heteroatoms. The second kappa shape index (κ2) is 12.5. The van der Waals surface area contributed by atoms with Gasteiger partial charge in [-0.05, 0) is 71.3 Å². The maximum Gasteiger partial charge on any atom is 0.221 e. The summed E-state index contributed by atoms with van der Waals surface area (Å²) >= 11 is 0. The molecule has 0 fully saturated rings. The number of amides is 1. The number of ether oxygens (including phenoxy) is 2. The highest BCUT2D eigenvalue weighted by atomic mass is 16.5. The first kappa shape index (κ1) is 27.0. The van der Waals surface area contributed by atoms with Gasteiger partial charge < -0.3 is 23.8 Å². The fraction of sp³-hybridized carbons (Fsp3) is 0.139. The smallest absolute Gasteiger partial charge is 0.221 e. The van der Waals surface area contributed by atoms with Gasteiger partial charge in [-0.2, -0.15) is 0 Å². The standard InChI is InChI=1S/C36H32N2O4/c1-40-28-18-16-26(17-19-28)24-38-25-34(32-14-5-6-15-35(32)38)33(22-36(39)37-23-31-13-8-20-41-31)27-9-7-12-30(21-27)42-29-10-3-2-4-11-29/h2-21,25,33H,22-24H2,1H3,(H,37,39)/t33-/m0/s1. The van der Waals surface area contributed by atoms with Gasteiger partial charge in [0.1, 0.15) is 23.0 Å². The van der Waals surface area contributed by atoms with Crippen LogP contribution in [0.1, 0.15) is 34.8 Å². The number of benzene rings is 4. The van der Waals surface area contributed by atoms with Gasteiger partial charge in [-0.15, -0.1) is 0 Å².